The van der Waals surface area contributed by atoms with E-state index in [9.17, 15) is 9.46 Å². The normalized spacial score (nSPS) is 31.9. The summed E-state index contributed by atoms with van der Waals surface area (Å²) < 4.78 is 36.1. The number of nitrogen functional groups attached to an aromatic ring is 1. The SMILES string of the molecule is CCCCCCCO[C@@H]1[C@@H]2OP(=O)(O)OC[C@H]2O[C@H]1n1cnc2c(N)ncnc21. The topological polar surface area (TPSA) is 144 Å². The fourth-order valence-electron chi connectivity index (χ4n) is 3.70. The molecule has 2 aromatic heterocycles. The Kier molecular flexibility index (Phi) is 6.14. The summed E-state index contributed by atoms with van der Waals surface area (Å²) in [6, 6.07) is 0. The molecule has 0 saturated carbocycles. The van der Waals surface area contributed by atoms with E-state index in [1.165, 1.54) is 19.2 Å². The highest BCUT2D eigenvalue weighted by Gasteiger charge is 2.53. The minimum atomic E-state index is -4.14. The van der Waals surface area contributed by atoms with Gasteiger partial charge in [-0.05, 0) is 6.42 Å². The molecule has 0 spiro atoms. The number of imidazole rings is 1. The van der Waals surface area contributed by atoms with Crippen LogP contribution in [0.25, 0.3) is 11.2 Å². The number of phosphoric ester groups is 1. The molecule has 12 heteroatoms. The van der Waals surface area contributed by atoms with Gasteiger partial charge in [0.15, 0.2) is 17.7 Å². The Bertz CT molecular complexity index is 894. The quantitative estimate of drug-likeness (QED) is 0.475. The zero-order valence-corrected chi connectivity index (χ0v) is 17.1. The van der Waals surface area contributed by atoms with Gasteiger partial charge in [-0.25, -0.2) is 19.5 Å². The maximum atomic E-state index is 12.0. The highest BCUT2D eigenvalue weighted by molar-refractivity contribution is 7.47. The number of hydrogen-bond acceptors (Lipinski definition) is 9. The fourth-order valence-corrected chi connectivity index (χ4v) is 4.66. The summed E-state index contributed by atoms with van der Waals surface area (Å²) in [5.74, 6) is 0.261. The third kappa shape index (κ3) is 4.30. The molecule has 3 N–H and O–H groups in total. The maximum absolute atomic E-state index is 12.0. The highest BCUT2D eigenvalue weighted by Crippen LogP contribution is 2.53. The minimum absolute atomic E-state index is 0.0605. The summed E-state index contributed by atoms with van der Waals surface area (Å²) >= 11 is 0. The molecular formula is C17H26N5O6P. The number of ether oxygens (including phenoxy) is 2. The van der Waals surface area contributed by atoms with Crippen molar-refractivity contribution in [3.63, 3.8) is 0 Å². The van der Waals surface area contributed by atoms with E-state index >= 15 is 0 Å². The average molecular weight is 427 g/mol. The molecule has 2 fully saturated rings. The van der Waals surface area contributed by atoms with Gasteiger partial charge in [-0.15, -0.1) is 0 Å². The number of hydrogen-bond donors (Lipinski definition) is 2. The minimum Gasteiger partial charge on any atom is -0.382 e. The molecule has 5 atom stereocenters. The largest absolute Gasteiger partial charge is 0.472 e. The number of nitrogens with two attached hydrogens (primary N) is 1. The molecule has 0 amide bonds. The second kappa shape index (κ2) is 8.63. The fraction of sp³-hybridized carbons (Fsp3) is 0.706. The van der Waals surface area contributed by atoms with Crippen LogP contribution in [0.1, 0.15) is 45.3 Å². The van der Waals surface area contributed by atoms with Crippen LogP contribution in [0.4, 0.5) is 5.82 Å². The first-order valence-corrected chi connectivity index (χ1v) is 11.4. The molecule has 4 heterocycles. The second-order valence-electron chi connectivity index (χ2n) is 7.23. The smallest absolute Gasteiger partial charge is 0.382 e. The predicted octanol–water partition coefficient (Wildman–Crippen LogP) is 2.18. The first-order chi connectivity index (χ1) is 14.0. The van der Waals surface area contributed by atoms with E-state index in [2.05, 4.69) is 21.9 Å². The summed E-state index contributed by atoms with van der Waals surface area (Å²) in [4.78, 5) is 22.3. The Morgan fingerprint density at radius 1 is 1.31 bits per heavy atom. The average Bonchev–Trinajstić information content (AvgIpc) is 3.26. The van der Waals surface area contributed by atoms with Crippen molar-refractivity contribution in [1.29, 1.82) is 0 Å². The van der Waals surface area contributed by atoms with Crippen LogP contribution in [0, 0.1) is 0 Å². The van der Waals surface area contributed by atoms with E-state index < -0.39 is 32.4 Å². The Labute approximate surface area is 168 Å². The van der Waals surface area contributed by atoms with Gasteiger partial charge in [0.1, 0.15) is 30.2 Å². The third-order valence-corrected chi connectivity index (χ3v) is 6.15. The first kappa shape index (κ1) is 20.6. The van der Waals surface area contributed by atoms with Gasteiger partial charge in [-0.2, -0.15) is 0 Å². The lowest BCUT2D eigenvalue weighted by atomic mass is 10.1. The van der Waals surface area contributed by atoms with Crippen molar-refractivity contribution in [1.82, 2.24) is 19.5 Å². The van der Waals surface area contributed by atoms with E-state index in [0.717, 1.165) is 19.3 Å². The number of unbranched alkanes of at least 4 members (excludes halogenated alkanes) is 4. The van der Waals surface area contributed by atoms with Gasteiger partial charge in [0.2, 0.25) is 0 Å². The molecular weight excluding hydrogens is 401 g/mol. The maximum Gasteiger partial charge on any atom is 0.472 e. The Balaban J connectivity index is 1.55. The van der Waals surface area contributed by atoms with Crippen molar-refractivity contribution in [3.8, 4) is 0 Å². The number of anilines is 1. The van der Waals surface area contributed by atoms with Crippen molar-refractivity contribution in [3.05, 3.63) is 12.7 Å². The van der Waals surface area contributed by atoms with Crippen molar-refractivity contribution >= 4 is 24.8 Å². The first-order valence-electron chi connectivity index (χ1n) is 9.86. The molecule has 0 aromatic carbocycles. The van der Waals surface area contributed by atoms with Crippen molar-refractivity contribution < 1.29 is 28.0 Å². The van der Waals surface area contributed by atoms with Crippen LogP contribution >= 0.6 is 7.82 Å². The number of aromatic nitrogens is 4. The standard InChI is InChI=1S/C17H26N5O6P/c1-2-3-4-5-6-7-25-14-13-11(8-26-29(23,24)28-13)27-17(14)22-10-21-12-15(18)19-9-20-16(12)22/h9-11,13-14,17H,2-8H2,1H3,(H,23,24)(H2,18,19,20)/t11-,13-,14-,17-/m1/s1. The Morgan fingerprint density at radius 3 is 2.97 bits per heavy atom. The molecule has 29 heavy (non-hydrogen) atoms. The Morgan fingerprint density at radius 2 is 2.14 bits per heavy atom. The van der Waals surface area contributed by atoms with Crippen LogP contribution in [0.3, 0.4) is 0 Å². The lowest BCUT2D eigenvalue weighted by molar-refractivity contribution is -0.0685. The van der Waals surface area contributed by atoms with E-state index in [0.29, 0.717) is 17.8 Å². The molecule has 0 radical (unpaired) electrons. The molecule has 1 unspecified atom stereocenters. The molecule has 11 nitrogen and oxygen atoms in total. The molecule has 160 valence electrons. The van der Waals surface area contributed by atoms with E-state index in [-0.39, 0.29) is 12.4 Å². The number of nitrogens with zero attached hydrogens (tertiary/aromatic N) is 4. The zero-order valence-electron chi connectivity index (χ0n) is 16.2. The lowest BCUT2D eigenvalue weighted by Gasteiger charge is -2.29. The van der Waals surface area contributed by atoms with E-state index in [1.807, 2.05) is 0 Å². The monoisotopic (exact) mass is 427 g/mol. The van der Waals surface area contributed by atoms with Gasteiger partial charge in [0.05, 0.1) is 12.9 Å². The van der Waals surface area contributed by atoms with Crippen LogP contribution in [0.5, 0.6) is 0 Å². The molecule has 4 rings (SSSR count). The van der Waals surface area contributed by atoms with Gasteiger partial charge in [-0.1, -0.05) is 32.6 Å². The summed E-state index contributed by atoms with van der Waals surface area (Å²) in [5.41, 5.74) is 6.82. The Hall–Kier alpha value is -1.62. The van der Waals surface area contributed by atoms with Crippen LogP contribution in [-0.4, -0.2) is 55.9 Å². The summed E-state index contributed by atoms with van der Waals surface area (Å²) in [5, 5.41) is 0. The van der Waals surface area contributed by atoms with Gasteiger partial charge >= 0.3 is 7.82 Å². The third-order valence-electron chi connectivity index (χ3n) is 5.16. The summed E-state index contributed by atoms with van der Waals surface area (Å²) in [6.45, 7) is 2.59. The number of fused-ring (bicyclic) bond motifs is 2. The van der Waals surface area contributed by atoms with E-state index in [1.54, 1.807) is 10.9 Å². The predicted molar refractivity (Wildman–Crippen MR) is 103 cm³/mol. The molecule has 0 bridgehead atoms. The van der Waals surface area contributed by atoms with Crippen LogP contribution in [0.15, 0.2) is 12.7 Å². The lowest BCUT2D eigenvalue weighted by Crippen LogP contribution is -2.40. The van der Waals surface area contributed by atoms with Crippen molar-refractivity contribution in [2.45, 2.75) is 63.6 Å². The second-order valence-corrected chi connectivity index (χ2v) is 8.64. The van der Waals surface area contributed by atoms with E-state index in [4.69, 9.17) is 24.3 Å². The van der Waals surface area contributed by atoms with Gasteiger partial charge in [0, 0.05) is 6.61 Å². The van der Waals surface area contributed by atoms with Crippen LogP contribution in [-0.2, 0) is 23.1 Å². The molecule has 2 aromatic rings. The molecule has 0 aliphatic carbocycles. The zero-order chi connectivity index (χ0) is 20.4. The number of phosphoric acid groups is 1. The van der Waals surface area contributed by atoms with Gasteiger partial charge in [-0.3, -0.25) is 13.6 Å². The van der Waals surface area contributed by atoms with Gasteiger partial charge < -0.3 is 20.1 Å². The number of rotatable bonds is 8. The van der Waals surface area contributed by atoms with Crippen LogP contribution in [0.2, 0.25) is 0 Å². The molecule has 2 aliphatic rings. The van der Waals surface area contributed by atoms with Crippen molar-refractivity contribution in [2.24, 2.45) is 0 Å². The highest BCUT2D eigenvalue weighted by atomic mass is 31.2. The molecule has 2 saturated heterocycles. The summed E-state index contributed by atoms with van der Waals surface area (Å²) in [7, 11) is -4.14. The summed E-state index contributed by atoms with van der Waals surface area (Å²) in [6.07, 6.45) is 5.79. The van der Waals surface area contributed by atoms with Crippen molar-refractivity contribution in [2.75, 3.05) is 18.9 Å². The van der Waals surface area contributed by atoms with Gasteiger partial charge in [0.25, 0.3) is 0 Å². The molecule has 2 aliphatic heterocycles. The van der Waals surface area contributed by atoms with Crippen LogP contribution < -0.4 is 5.73 Å².